The number of aliphatic hydroxyl groups excluding tert-OH is 1. The summed E-state index contributed by atoms with van der Waals surface area (Å²) >= 11 is 0. The highest BCUT2D eigenvalue weighted by Crippen LogP contribution is 2.30. The number of rotatable bonds is 8. The zero-order chi connectivity index (χ0) is 26.7. The molecule has 12 nitrogen and oxygen atoms in total. The Balaban J connectivity index is 1.46. The highest BCUT2D eigenvalue weighted by Gasteiger charge is 2.44. The van der Waals surface area contributed by atoms with E-state index in [4.69, 9.17) is 9.47 Å². The Morgan fingerprint density at radius 1 is 1.14 bits per heavy atom. The van der Waals surface area contributed by atoms with E-state index >= 15 is 0 Å². The minimum atomic E-state index is -4.17. The highest BCUT2D eigenvalue weighted by atomic mass is 32.2. The zero-order valence-electron chi connectivity index (χ0n) is 19.6. The molecule has 0 aromatic heterocycles. The number of nitro groups is 1. The number of aliphatic hydroxyl groups is 1. The molecule has 1 aliphatic rings. The minimum Gasteiger partial charge on any atom is -0.495 e. The number of methoxy groups -OCH3 is 1. The number of fused-ring (bicyclic) bond motifs is 1. The Kier molecular flexibility index (Phi) is 7.38. The molecule has 2 atom stereocenters. The van der Waals surface area contributed by atoms with Gasteiger partial charge in [0.2, 0.25) is 10.0 Å². The number of nitrogens with one attached hydrogen (secondary N) is 1. The summed E-state index contributed by atoms with van der Waals surface area (Å²) < 4.78 is 37.7. The van der Waals surface area contributed by atoms with Gasteiger partial charge in [0.15, 0.2) is 6.61 Å². The third kappa shape index (κ3) is 5.53. The zero-order valence-corrected chi connectivity index (χ0v) is 20.4. The number of nitrogens with zero attached hydrogens (tertiary/aromatic N) is 2. The van der Waals surface area contributed by atoms with Crippen molar-refractivity contribution >= 4 is 44.0 Å². The SMILES string of the molecule is COc1ccc([N+](=O)[O-])cc1NC(=O)COC(=O)[C@@H]1C[C@@H](O)CN1S(=O)(=O)c1ccc2ccccc2c1. The van der Waals surface area contributed by atoms with Gasteiger partial charge in [0.05, 0.1) is 28.7 Å². The van der Waals surface area contributed by atoms with Gasteiger partial charge in [0.25, 0.3) is 11.6 Å². The van der Waals surface area contributed by atoms with Crippen LogP contribution >= 0.6 is 0 Å². The van der Waals surface area contributed by atoms with Crippen LogP contribution in [0.2, 0.25) is 0 Å². The van der Waals surface area contributed by atoms with Gasteiger partial charge in [-0.3, -0.25) is 19.7 Å². The first-order valence-electron chi connectivity index (χ1n) is 11.1. The van der Waals surface area contributed by atoms with Crippen molar-refractivity contribution in [2.45, 2.75) is 23.5 Å². The van der Waals surface area contributed by atoms with Crippen molar-refractivity contribution in [3.63, 3.8) is 0 Å². The number of carbonyl (C=O) groups is 2. The minimum absolute atomic E-state index is 0.00505. The third-order valence-corrected chi connectivity index (χ3v) is 7.72. The predicted octanol–water partition coefficient (Wildman–Crippen LogP) is 2.06. The number of esters is 1. The van der Waals surface area contributed by atoms with Crippen molar-refractivity contribution in [2.24, 2.45) is 0 Å². The molecule has 3 aromatic carbocycles. The van der Waals surface area contributed by atoms with E-state index in [2.05, 4.69) is 5.32 Å². The van der Waals surface area contributed by atoms with Gasteiger partial charge in [-0.05, 0) is 29.0 Å². The van der Waals surface area contributed by atoms with Gasteiger partial charge in [-0.15, -0.1) is 0 Å². The standard InChI is InChI=1S/C24H23N3O9S/c1-35-22-9-7-17(27(31)32)11-20(22)25-23(29)14-36-24(30)21-12-18(28)13-26(21)37(33,34)19-8-6-15-4-2-3-5-16(15)10-19/h2-11,18,21,28H,12-14H2,1H3,(H,25,29)/t18-,21+/m1/s1. The highest BCUT2D eigenvalue weighted by molar-refractivity contribution is 7.89. The molecule has 37 heavy (non-hydrogen) atoms. The largest absolute Gasteiger partial charge is 0.495 e. The van der Waals surface area contributed by atoms with Crippen LogP contribution < -0.4 is 10.1 Å². The van der Waals surface area contributed by atoms with E-state index in [0.29, 0.717) is 5.39 Å². The maximum Gasteiger partial charge on any atom is 0.325 e. The summed E-state index contributed by atoms with van der Waals surface area (Å²) in [6.07, 6.45) is -1.30. The quantitative estimate of drug-likeness (QED) is 0.252. The van der Waals surface area contributed by atoms with Gasteiger partial charge in [0, 0.05) is 25.1 Å². The summed E-state index contributed by atoms with van der Waals surface area (Å²) in [7, 11) is -2.86. The summed E-state index contributed by atoms with van der Waals surface area (Å²) in [5, 5.41) is 25.1. The van der Waals surface area contributed by atoms with Gasteiger partial charge in [-0.25, -0.2) is 8.42 Å². The lowest BCUT2D eigenvalue weighted by Crippen LogP contribution is -2.42. The number of benzene rings is 3. The number of β-amino-alcohol motifs (C(OH)–C–C–N with tert-alkyl or cyclic N) is 1. The van der Waals surface area contributed by atoms with Crippen LogP contribution in [0.25, 0.3) is 10.8 Å². The Bertz CT molecular complexity index is 1480. The van der Waals surface area contributed by atoms with E-state index in [0.717, 1.165) is 15.8 Å². The van der Waals surface area contributed by atoms with Gasteiger partial charge >= 0.3 is 5.97 Å². The van der Waals surface area contributed by atoms with E-state index < -0.39 is 45.6 Å². The molecule has 13 heteroatoms. The third-order valence-electron chi connectivity index (χ3n) is 5.85. The van der Waals surface area contributed by atoms with Crippen LogP contribution in [0.4, 0.5) is 11.4 Å². The van der Waals surface area contributed by atoms with Crippen LogP contribution in [0.3, 0.4) is 0 Å². The number of amides is 1. The van der Waals surface area contributed by atoms with Crippen molar-refractivity contribution in [1.29, 1.82) is 0 Å². The summed E-state index contributed by atoms with van der Waals surface area (Å²) in [5.74, 6) is -1.69. The van der Waals surface area contributed by atoms with Crippen molar-refractivity contribution < 1.29 is 37.5 Å². The molecule has 1 saturated heterocycles. The predicted molar refractivity (Wildman–Crippen MR) is 131 cm³/mol. The van der Waals surface area contributed by atoms with E-state index in [1.807, 2.05) is 12.1 Å². The average molecular weight is 530 g/mol. The van der Waals surface area contributed by atoms with Gasteiger partial charge in [-0.2, -0.15) is 4.31 Å². The van der Waals surface area contributed by atoms with Crippen LogP contribution in [-0.2, 0) is 24.3 Å². The Morgan fingerprint density at radius 3 is 2.57 bits per heavy atom. The number of non-ortho nitro benzene ring substituents is 1. The molecular weight excluding hydrogens is 506 g/mol. The van der Waals surface area contributed by atoms with Crippen LogP contribution in [-0.4, -0.2) is 67.0 Å². The topological polar surface area (TPSA) is 165 Å². The molecule has 194 valence electrons. The second-order valence-electron chi connectivity index (χ2n) is 8.29. The molecule has 0 bridgehead atoms. The molecular formula is C24H23N3O9S. The monoisotopic (exact) mass is 529 g/mol. The van der Waals surface area contributed by atoms with Crippen LogP contribution in [0.15, 0.2) is 65.6 Å². The molecule has 1 fully saturated rings. The molecule has 0 spiro atoms. The summed E-state index contributed by atoms with van der Waals surface area (Å²) in [4.78, 5) is 35.5. The smallest absolute Gasteiger partial charge is 0.325 e. The van der Waals surface area contributed by atoms with E-state index in [1.165, 1.54) is 31.4 Å². The van der Waals surface area contributed by atoms with Crippen LogP contribution in [0.5, 0.6) is 5.75 Å². The van der Waals surface area contributed by atoms with Gasteiger partial charge < -0.3 is 19.9 Å². The number of anilines is 1. The van der Waals surface area contributed by atoms with E-state index in [-0.39, 0.29) is 35.0 Å². The van der Waals surface area contributed by atoms with Crippen molar-refractivity contribution in [3.05, 3.63) is 70.8 Å². The van der Waals surface area contributed by atoms with Gasteiger partial charge in [0.1, 0.15) is 11.8 Å². The van der Waals surface area contributed by atoms with E-state index in [1.54, 1.807) is 18.2 Å². The normalized spacial score (nSPS) is 17.9. The number of hydrogen-bond donors (Lipinski definition) is 2. The van der Waals surface area contributed by atoms with Crippen LogP contribution in [0.1, 0.15) is 6.42 Å². The molecule has 1 heterocycles. The molecule has 4 rings (SSSR count). The lowest BCUT2D eigenvalue weighted by atomic mass is 10.1. The number of sulfonamides is 1. The molecule has 0 radical (unpaired) electrons. The molecule has 2 N–H and O–H groups in total. The molecule has 3 aromatic rings. The van der Waals surface area contributed by atoms with Crippen LogP contribution in [0, 0.1) is 10.1 Å². The first kappa shape index (κ1) is 26.0. The van der Waals surface area contributed by atoms with Crippen molar-refractivity contribution in [2.75, 3.05) is 25.6 Å². The molecule has 0 aliphatic carbocycles. The number of ether oxygens (including phenoxy) is 2. The fourth-order valence-corrected chi connectivity index (χ4v) is 5.72. The Hall–Kier alpha value is -4.07. The van der Waals surface area contributed by atoms with Crippen molar-refractivity contribution in [3.8, 4) is 5.75 Å². The molecule has 1 aliphatic heterocycles. The molecule has 1 amide bonds. The number of carbonyl (C=O) groups excluding carboxylic acids is 2. The summed E-state index contributed by atoms with van der Waals surface area (Å²) in [6, 6.07) is 14.0. The average Bonchev–Trinajstić information content (AvgIpc) is 3.29. The fourth-order valence-electron chi connectivity index (χ4n) is 4.05. The lowest BCUT2D eigenvalue weighted by Gasteiger charge is -2.22. The Morgan fingerprint density at radius 2 is 1.86 bits per heavy atom. The lowest BCUT2D eigenvalue weighted by molar-refractivity contribution is -0.384. The summed E-state index contributed by atoms with van der Waals surface area (Å²) in [6.45, 7) is -1.10. The second-order valence-corrected chi connectivity index (χ2v) is 10.2. The fraction of sp³-hybridized carbons (Fsp3) is 0.250. The van der Waals surface area contributed by atoms with Gasteiger partial charge in [-0.1, -0.05) is 30.3 Å². The maximum atomic E-state index is 13.3. The maximum absolute atomic E-state index is 13.3. The summed E-state index contributed by atoms with van der Waals surface area (Å²) in [5.41, 5.74) is -0.294. The first-order valence-corrected chi connectivity index (χ1v) is 12.5. The molecule has 0 saturated carbocycles. The Labute approximate surface area is 211 Å². The van der Waals surface area contributed by atoms with E-state index in [9.17, 15) is 33.2 Å². The second kappa shape index (κ2) is 10.5. The van der Waals surface area contributed by atoms with Crippen molar-refractivity contribution in [1.82, 2.24) is 4.31 Å². The number of nitro benzene ring substituents is 1. The molecule has 0 unspecified atom stereocenters. The number of hydrogen-bond acceptors (Lipinski definition) is 9. The first-order chi connectivity index (χ1) is 17.6.